The van der Waals surface area contributed by atoms with Crippen molar-refractivity contribution in [3.8, 4) is 34.5 Å². The van der Waals surface area contributed by atoms with Crippen molar-refractivity contribution >= 4 is 6.08 Å². The fraction of sp³-hybridized carbons (Fsp3) is 0.417. The van der Waals surface area contributed by atoms with Crippen LogP contribution in [0.1, 0.15) is 56.4 Å². The Bertz CT molecular complexity index is 1060. The van der Waals surface area contributed by atoms with E-state index in [4.69, 9.17) is 18.9 Å². The van der Waals surface area contributed by atoms with Crippen molar-refractivity contribution in [2.24, 2.45) is 0 Å². The largest absolute Gasteiger partial charge is 0.507 e. The number of hydrogen-bond acceptors (Lipinski definition) is 5. The molecule has 0 aromatic heterocycles. The highest BCUT2D eigenvalue weighted by molar-refractivity contribution is 5.74. The predicted octanol–water partition coefficient (Wildman–Crippen LogP) is 5.39. The molecule has 0 radical (unpaired) electrons. The third kappa shape index (κ3) is 2.83. The van der Waals surface area contributed by atoms with E-state index in [2.05, 4.69) is 13.8 Å². The first-order valence-electron chi connectivity index (χ1n) is 10.0. The molecule has 0 bridgehead atoms. The fourth-order valence-corrected chi connectivity index (χ4v) is 4.36. The average molecular weight is 394 g/mol. The van der Waals surface area contributed by atoms with Gasteiger partial charge in [0.05, 0.1) is 12.7 Å². The van der Waals surface area contributed by atoms with E-state index in [-0.39, 0.29) is 11.4 Å². The molecule has 5 nitrogen and oxygen atoms in total. The highest BCUT2D eigenvalue weighted by Gasteiger charge is 2.36. The summed E-state index contributed by atoms with van der Waals surface area (Å²) in [5.41, 5.74) is 2.98. The summed E-state index contributed by atoms with van der Waals surface area (Å²) in [7, 11) is 1.65. The van der Waals surface area contributed by atoms with Crippen LogP contribution in [0.2, 0.25) is 0 Å². The number of hydrogen-bond donors (Lipinski definition) is 1. The first-order valence-corrected chi connectivity index (χ1v) is 10.0. The normalized spacial score (nSPS) is 19.5. The van der Waals surface area contributed by atoms with E-state index in [0.717, 1.165) is 41.0 Å². The average Bonchev–Trinajstić information content (AvgIpc) is 2.64. The second-order valence-corrected chi connectivity index (χ2v) is 9.16. The lowest BCUT2D eigenvalue weighted by Gasteiger charge is -2.36. The van der Waals surface area contributed by atoms with Gasteiger partial charge in [0.25, 0.3) is 0 Å². The van der Waals surface area contributed by atoms with Gasteiger partial charge in [-0.1, -0.05) is 0 Å². The molecular weight excluding hydrogens is 368 g/mol. The molecule has 29 heavy (non-hydrogen) atoms. The Morgan fingerprint density at radius 2 is 1.72 bits per heavy atom. The van der Waals surface area contributed by atoms with Crippen LogP contribution in [0.5, 0.6) is 34.5 Å². The summed E-state index contributed by atoms with van der Waals surface area (Å²) in [6.45, 7) is 8.15. The molecule has 1 N–H and O–H groups in total. The van der Waals surface area contributed by atoms with E-state index in [0.29, 0.717) is 29.2 Å². The van der Waals surface area contributed by atoms with Crippen LogP contribution in [0, 0.1) is 0 Å². The smallest absolute Gasteiger partial charge is 0.165 e. The van der Waals surface area contributed by atoms with E-state index in [1.54, 1.807) is 7.11 Å². The number of fused-ring (bicyclic) bond motifs is 5. The number of ether oxygens (including phenoxy) is 4. The van der Waals surface area contributed by atoms with Crippen LogP contribution in [0.4, 0.5) is 0 Å². The number of rotatable bonds is 1. The number of benzene rings is 2. The molecule has 0 saturated heterocycles. The monoisotopic (exact) mass is 394 g/mol. The van der Waals surface area contributed by atoms with Crippen molar-refractivity contribution in [3.63, 3.8) is 0 Å². The highest BCUT2D eigenvalue weighted by Crippen LogP contribution is 2.53. The second kappa shape index (κ2) is 5.85. The fourth-order valence-electron chi connectivity index (χ4n) is 4.36. The third-order valence-corrected chi connectivity index (χ3v) is 5.96. The van der Waals surface area contributed by atoms with Crippen molar-refractivity contribution in [2.45, 2.75) is 58.2 Å². The molecule has 5 heteroatoms. The molecule has 3 aliphatic heterocycles. The van der Waals surface area contributed by atoms with E-state index >= 15 is 0 Å². The summed E-state index contributed by atoms with van der Waals surface area (Å²) in [6.07, 6.45) is 6.26. The molecule has 0 unspecified atom stereocenters. The predicted molar refractivity (Wildman–Crippen MR) is 111 cm³/mol. The topological polar surface area (TPSA) is 57.2 Å². The molecule has 0 fully saturated rings. The SMILES string of the molecule is COc1cc2c(c3c1OC(C)(C)CC3)Cc1c(cc3c(c1O)C=CC(C)(C)O3)O2. The van der Waals surface area contributed by atoms with Gasteiger partial charge < -0.3 is 24.1 Å². The van der Waals surface area contributed by atoms with Crippen LogP contribution in [0.15, 0.2) is 18.2 Å². The minimum absolute atomic E-state index is 0.219. The number of phenols is 1. The molecule has 0 saturated carbocycles. The molecular formula is C24H26O5. The van der Waals surface area contributed by atoms with Gasteiger partial charge in [-0.05, 0) is 52.7 Å². The Hall–Kier alpha value is -2.82. The maximum absolute atomic E-state index is 11.0. The van der Waals surface area contributed by atoms with Gasteiger partial charge in [0.15, 0.2) is 11.5 Å². The standard InChI is InChI=1S/C24H26O5/c1-23(2)9-7-14-19(28-23)11-18-16(21(14)25)10-15-13-6-8-24(3,4)29-22(13)20(26-5)12-17(15)27-18/h7,9,11-12,25H,6,8,10H2,1-5H3. The Kier molecular flexibility index (Phi) is 3.67. The van der Waals surface area contributed by atoms with Crippen molar-refractivity contribution in [2.75, 3.05) is 7.11 Å². The summed E-state index contributed by atoms with van der Waals surface area (Å²) in [6, 6.07) is 3.77. The van der Waals surface area contributed by atoms with Crippen LogP contribution in [0.25, 0.3) is 6.08 Å². The molecule has 152 valence electrons. The zero-order chi connectivity index (χ0) is 20.6. The van der Waals surface area contributed by atoms with Crippen LogP contribution in [0.3, 0.4) is 0 Å². The summed E-state index contributed by atoms with van der Waals surface area (Å²) >= 11 is 0. The molecule has 5 rings (SSSR count). The molecule has 0 spiro atoms. The lowest BCUT2D eigenvalue weighted by atomic mass is 9.86. The van der Waals surface area contributed by atoms with Crippen molar-refractivity contribution in [1.82, 2.24) is 0 Å². The summed E-state index contributed by atoms with van der Waals surface area (Å²) in [4.78, 5) is 0. The van der Waals surface area contributed by atoms with Crippen molar-refractivity contribution < 1.29 is 24.1 Å². The van der Waals surface area contributed by atoms with Crippen LogP contribution < -0.4 is 18.9 Å². The molecule has 0 aliphatic carbocycles. The Balaban J connectivity index is 1.64. The highest BCUT2D eigenvalue weighted by atomic mass is 16.5. The van der Waals surface area contributed by atoms with Gasteiger partial charge in [0, 0.05) is 35.2 Å². The molecule has 3 aliphatic rings. The minimum atomic E-state index is -0.424. The number of phenolic OH excluding ortho intramolecular Hbond substituents is 1. The second-order valence-electron chi connectivity index (χ2n) is 9.16. The summed E-state index contributed by atoms with van der Waals surface area (Å²) < 4.78 is 24.2. The summed E-state index contributed by atoms with van der Waals surface area (Å²) in [5, 5.41) is 11.0. The van der Waals surface area contributed by atoms with E-state index < -0.39 is 5.60 Å². The van der Waals surface area contributed by atoms with Crippen LogP contribution in [-0.4, -0.2) is 23.4 Å². The Morgan fingerprint density at radius 3 is 2.48 bits per heavy atom. The Labute approximate surface area is 170 Å². The van der Waals surface area contributed by atoms with Crippen LogP contribution in [-0.2, 0) is 12.8 Å². The minimum Gasteiger partial charge on any atom is -0.507 e. The Morgan fingerprint density at radius 1 is 0.966 bits per heavy atom. The van der Waals surface area contributed by atoms with E-state index in [9.17, 15) is 5.11 Å². The van der Waals surface area contributed by atoms with Gasteiger partial charge >= 0.3 is 0 Å². The molecule has 3 heterocycles. The molecule has 2 aromatic rings. The summed E-state index contributed by atoms with van der Waals surface area (Å²) in [5.74, 6) is 3.69. The number of methoxy groups -OCH3 is 1. The van der Waals surface area contributed by atoms with Crippen molar-refractivity contribution in [3.05, 3.63) is 40.5 Å². The zero-order valence-electron chi connectivity index (χ0n) is 17.5. The van der Waals surface area contributed by atoms with E-state index in [1.807, 2.05) is 38.1 Å². The number of aromatic hydroxyl groups is 1. The van der Waals surface area contributed by atoms with Gasteiger partial charge in [-0.3, -0.25) is 0 Å². The first-order chi connectivity index (χ1) is 13.7. The first kappa shape index (κ1) is 18.2. The van der Waals surface area contributed by atoms with Crippen molar-refractivity contribution in [1.29, 1.82) is 0 Å². The third-order valence-electron chi connectivity index (χ3n) is 5.96. The maximum Gasteiger partial charge on any atom is 0.165 e. The zero-order valence-corrected chi connectivity index (χ0v) is 17.5. The van der Waals surface area contributed by atoms with Gasteiger partial charge in [0.2, 0.25) is 0 Å². The lowest BCUT2D eigenvalue weighted by molar-refractivity contribution is 0.0798. The molecule has 0 amide bonds. The van der Waals surface area contributed by atoms with Gasteiger partial charge in [-0.25, -0.2) is 0 Å². The van der Waals surface area contributed by atoms with Gasteiger partial charge in [-0.2, -0.15) is 0 Å². The quantitative estimate of drug-likeness (QED) is 0.600. The molecule has 0 atom stereocenters. The van der Waals surface area contributed by atoms with E-state index in [1.165, 1.54) is 0 Å². The van der Waals surface area contributed by atoms with Gasteiger partial charge in [-0.15, -0.1) is 0 Å². The van der Waals surface area contributed by atoms with Crippen LogP contribution >= 0.6 is 0 Å². The maximum atomic E-state index is 11.0. The van der Waals surface area contributed by atoms with Gasteiger partial charge in [0.1, 0.15) is 34.2 Å². The lowest BCUT2D eigenvalue weighted by Crippen LogP contribution is -2.33. The molecule has 2 aromatic carbocycles.